The summed E-state index contributed by atoms with van der Waals surface area (Å²) in [7, 11) is 3.76. The maximum atomic E-state index is 13.4. The van der Waals surface area contributed by atoms with Gasteiger partial charge in [-0.2, -0.15) is 5.10 Å². The Labute approximate surface area is 226 Å². The summed E-state index contributed by atoms with van der Waals surface area (Å²) in [6.45, 7) is 7.76. The van der Waals surface area contributed by atoms with E-state index in [0.717, 1.165) is 16.3 Å². The molecule has 1 aliphatic heterocycles. The second-order valence-electron chi connectivity index (χ2n) is 9.71. The molecule has 4 rings (SSSR count). The minimum Gasteiger partial charge on any atom is -0.496 e. The molecule has 3 heterocycles. The van der Waals surface area contributed by atoms with E-state index in [4.69, 9.17) is 10.1 Å². The molecule has 0 bridgehead atoms. The van der Waals surface area contributed by atoms with Gasteiger partial charge in [-0.25, -0.2) is 9.36 Å². The number of benzene rings is 1. The number of anilines is 1. The first kappa shape index (κ1) is 29.0. The van der Waals surface area contributed by atoms with Crippen molar-refractivity contribution in [2.24, 2.45) is 5.10 Å². The number of aryl methyl sites for hydroxylation is 3. The van der Waals surface area contributed by atoms with E-state index in [9.17, 15) is 14.4 Å². The zero-order valence-electron chi connectivity index (χ0n) is 22.6. The lowest BCUT2D eigenvalue weighted by atomic mass is 10.1. The number of rotatable bonds is 9. The van der Waals surface area contributed by atoms with Crippen molar-refractivity contribution in [3.63, 3.8) is 0 Å². The Kier molecular flexibility index (Phi) is 9.76. The van der Waals surface area contributed by atoms with E-state index >= 15 is 0 Å². The van der Waals surface area contributed by atoms with Crippen molar-refractivity contribution in [2.45, 2.75) is 52.1 Å². The van der Waals surface area contributed by atoms with Crippen LogP contribution in [0.25, 0.3) is 10.2 Å². The molecule has 2 aromatic heterocycles. The number of fused-ring (bicyclic) bond motifs is 1. The number of hydrogen-bond acceptors (Lipinski definition) is 9. The monoisotopic (exact) mass is 540 g/mol. The Morgan fingerprint density at radius 2 is 1.89 bits per heavy atom. The molecule has 3 aromatic rings. The number of hydrazone groups is 1. The van der Waals surface area contributed by atoms with Gasteiger partial charge in [0, 0.05) is 18.3 Å². The van der Waals surface area contributed by atoms with Crippen LogP contribution >= 0.6 is 11.3 Å². The number of nitrogens with one attached hydrogen (secondary N) is 2. The molecule has 0 aliphatic carbocycles. The number of hydrogen-bond donors (Lipinski definition) is 2. The first-order chi connectivity index (χ1) is 18.2. The summed E-state index contributed by atoms with van der Waals surface area (Å²) < 4.78 is 7.95. The SMILES string of the molecule is CN1CCCC1.COc1ccccc1CCn1c(=O)n(C(C)(C)C=O)c(=O)c2c(C)c(N/N=C\C=N)sc21. The molecule has 38 heavy (non-hydrogen) atoms. The number of thiophene rings is 1. The summed E-state index contributed by atoms with van der Waals surface area (Å²) in [5.74, 6) is 0.712. The highest BCUT2D eigenvalue weighted by molar-refractivity contribution is 7.22. The van der Waals surface area contributed by atoms with Crippen LogP contribution in [-0.2, 0) is 23.3 Å². The Bertz CT molecular complexity index is 1430. The van der Waals surface area contributed by atoms with Crippen LogP contribution in [0.4, 0.5) is 5.00 Å². The quantitative estimate of drug-likeness (QED) is 0.244. The van der Waals surface area contributed by atoms with Crippen molar-refractivity contribution in [2.75, 3.05) is 32.7 Å². The van der Waals surface area contributed by atoms with E-state index in [1.54, 1.807) is 14.0 Å². The number of methoxy groups -OCH3 is 1. The molecular weight excluding hydrogens is 504 g/mol. The van der Waals surface area contributed by atoms with E-state index in [1.165, 1.54) is 61.9 Å². The van der Waals surface area contributed by atoms with Crippen molar-refractivity contribution < 1.29 is 9.53 Å². The fourth-order valence-corrected chi connectivity index (χ4v) is 5.53. The molecule has 1 aromatic carbocycles. The second-order valence-corrected chi connectivity index (χ2v) is 10.7. The van der Waals surface area contributed by atoms with Gasteiger partial charge in [0.2, 0.25) is 0 Å². The predicted molar refractivity (Wildman–Crippen MR) is 155 cm³/mol. The predicted octanol–water partition coefficient (Wildman–Crippen LogP) is 3.48. The average molecular weight is 541 g/mol. The molecule has 204 valence electrons. The van der Waals surface area contributed by atoms with Gasteiger partial charge in [0.05, 0.1) is 18.7 Å². The average Bonchev–Trinajstić information content (AvgIpc) is 3.51. The van der Waals surface area contributed by atoms with Gasteiger partial charge in [-0.15, -0.1) is 0 Å². The van der Waals surface area contributed by atoms with E-state index in [1.807, 2.05) is 24.3 Å². The fraction of sp³-hybridized carbons (Fsp3) is 0.444. The first-order valence-electron chi connectivity index (χ1n) is 12.5. The summed E-state index contributed by atoms with van der Waals surface area (Å²) in [6, 6.07) is 7.54. The molecule has 0 amide bonds. The van der Waals surface area contributed by atoms with Gasteiger partial charge < -0.3 is 19.8 Å². The summed E-state index contributed by atoms with van der Waals surface area (Å²) >= 11 is 1.23. The number of nitrogens with zero attached hydrogens (tertiary/aromatic N) is 4. The highest BCUT2D eigenvalue weighted by Gasteiger charge is 2.28. The van der Waals surface area contributed by atoms with Gasteiger partial charge in [-0.05, 0) is 71.8 Å². The minimum atomic E-state index is -1.31. The molecule has 0 atom stereocenters. The van der Waals surface area contributed by atoms with Gasteiger partial charge in [0.25, 0.3) is 5.56 Å². The summed E-state index contributed by atoms with van der Waals surface area (Å²) in [4.78, 5) is 41.3. The zero-order valence-corrected chi connectivity index (χ0v) is 23.4. The minimum absolute atomic E-state index is 0.286. The zero-order chi connectivity index (χ0) is 27.9. The van der Waals surface area contributed by atoms with Gasteiger partial charge >= 0.3 is 5.69 Å². The molecule has 1 aliphatic rings. The largest absolute Gasteiger partial charge is 0.496 e. The molecule has 2 N–H and O–H groups in total. The van der Waals surface area contributed by atoms with Gasteiger partial charge in [0.1, 0.15) is 27.4 Å². The summed E-state index contributed by atoms with van der Waals surface area (Å²) in [6.07, 6.45) is 6.21. The molecule has 11 heteroatoms. The fourth-order valence-electron chi connectivity index (χ4n) is 4.36. The number of carbonyl (C=O) groups excluding carboxylic acids is 1. The van der Waals surface area contributed by atoms with Gasteiger partial charge in [-0.1, -0.05) is 29.5 Å². The Morgan fingerprint density at radius 1 is 1.21 bits per heavy atom. The third kappa shape index (κ3) is 6.28. The Balaban J connectivity index is 0.000000585. The normalized spacial score (nSPS) is 13.9. The number of para-hydroxylation sites is 1. The smallest absolute Gasteiger partial charge is 0.332 e. The number of likely N-dealkylation sites (tertiary alicyclic amines) is 1. The third-order valence-corrected chi connectivity index (χ3v) is 7.74. The molecule has 1 fully saturated rings. The van der Waals surface area contributed by atoms with Crippen molar-refractivity contribution >= 4 is 45.3 Å². The number of aldehydes is 1. The topological polar surface area (TPSA) is 122 Å². The lowest BCUT2D eigenvalue weighted by Gasteiger charge is -2.22. The number of ether oxygens (including phenoxy) is 1. The summed E-state index contributed by atoms with van der Waals surface area (Å²) in [5, 5.41) is 11.9. The van der Waals surface area contributed by atoms with Crippen LogP contribution in [0.3, 0.4) is 0 Å². The van der Waals surface area contributed by atoms with Gasteiger partial charge in [-0.3, -0.25) is 14.8 Å². The van der Waals surface area contributed by atoms with Crippen LogP contribution in [0.2, 0.25) is 0 Å². The van der Waals surface area contributed by atoms with Crippen molar-refractivity contribution in [1.29, 1.82) is 5.41 Å². The Hall–Kier alpha value is -3.57. The van der Waals surface area contributed by atoms with Crippen molar-refractivity contribution in [1.82, 2.24) is 14.0 Å². The Morgan fingerprint density at radius 3 is 2.47 bits per heavy atom. The van der Waals surface area contributed by atoms with E-state index in [-0.39, 0.29) is 6.54 Å². The summed E-state index contributed by atoms with van der Waals surface area (Å²) in [5.41, 5.74) is 1.99. The molecule has 0 unspecified atom stereocenters. The molecule has 0 radical (unpaired) electrons. The molecule has 0 spiro atoms. The van der Waals surface area contributed by atoms with Gasteiger partial charge in [0.15, 0.2) is 0 Å². The third-order valence-electron chi connectivity index (χ3n) is 6.52. The first-order valence-corrected chi connectivity index (χ1v) is 13.3. The van der Waals surface area contributed by atoms with Crippen LogP contribution in [0, 0.1) is 12.3 Å². The van der Waals surface area contributed by atoms with Crippen LogP contribution in [-0.4, -0.2) is 60.0 Å². The van der Waals surface area contributed by atoms with E-state index < -0.39 is 16.8 Å². The maximum Gasteiger partial charge on any atom is 0.332 e. The molecular formula is C27H36N6O4S. The van der Waals surface area contributed by atoms with E-state index in [2.05, 4.69) is 22.5 Å². The van der Waals surface area contributed by atoms with Crippen LogP contribution in [0.1, 0.15) is 37.8 Å². The lowest BCUT2D eigenvalue weighted by molar-refractivity contribution is -0.114. The van der Waals surface area contributed by atoms with Crippen molar-refractivity contribution in [3.05, 3.63) is 56.2 Å². The van der Waals surface area contributed by atoms with Crippen LogP contribution < -0.4 is 21.4 Å². The van der Waals surface area contributed by atoms with E-state index in [0.29, 0.717) is 39.2 Å². The standard InChI is InChI=1S/C22H25N5O4S.C5H11N/c1-14-17-19(29)27(22(2,3)13-28)21(30)26(20(17)32-18(14)25-24-11-10-23)12-9-15-7-5-6-8-16(15)31-4;1-6-4-2-3-5-6/h5-8,10-11,13,23,25H,9,12H2,1-4H3;2-5H2,1H3/b23-10?,24-11-;. The maximum absolute atomic E-state index is 13.4. The molecule has 0 saturated carbocycles. The highest BCUT2D eigenvalue weighted by Crippen LogP contribution is 2.33. The molecule has 1 saturated heterocycles. The van der Waals surface area contributed by atoms with Crippen molar-refractivity contribution in [3.8, 4) is 5.75 Å². The number of carbonyl (C=O) groups is 1. The molecule has 10 nitrogen and oxygen atoms in total. The number of aromatic nitrogens is 2. The lowest BCUT2D eigenvalue weighted by Crippen LogP contribution is -2.49. The van der Waals surface area contributed by atoms with Crippen LogP contribution in [0.5, 0.6) is 5.75 Å². The highest BCUT2D eigenvalue weighted by atomic mass is 32.1. The van der Waals surface area contributed by atoms with Crippen LogP contribution in [0.15, 0.2) is 39.0 Å². The second kappa shape index (κ2) is 12.8.